The Balaban J connectivity index is 1.06. The lowest BCUT2D eigenvalue weighted by molar-refractivity contribution is -0.138. The highest BCUT2D eigenvalue weighted by atomic mass is 16.5. The van der Waals surface area contributed by atoms with Crippen LogP contribution in [0.2, 0.25) is 0 Å². The van der Waals surface area contributed by atoms with E-state index in [0.29, 0.717) is 12.3 Å². The van der Waals surface area contributed by atoms with Crippen LogP contribution in [0.3, 0.4) is 0 Å². The summed E-state index contributed by atoms with van der Waals surface area (Å²) in [5.41, 5.74) is 0.769. The number of hydrogen-bond acceptors (Lipinski definition) is 3. The minimum atomic E-state index is 0.122. The molecule has 0 spiro atoms. The molecule has 3 fully saturated rings. The van der Waals surface area contributed by atoms with Crippen LogP contribution in [-0.4, -0.2) is 35.8 Å². The first-order valence-corrected chi connectivity index (χ1v) is 13.4. The van der Waals surface area contributed by atoms with E-state index in [2.05, 4.69) is 17.1 Å². The summed E-state index contributed by atoms with van der Waals surface area (Å²) < 4.78 is 6.24. The molecule has 4 aliphatic rings. The Bertz CT molecular complexity index is 863. The zero-order valence-corrected chi connectivity index (χ0v) is 19.9. The van der Waals surface area contributed by atoms with Crippen LogP contribution in [0.25, 0.3) is 0 Å². The van der Waals surface area contributed by atoms with Gasteiger partial charge in [0.15, 0.2) is 5.78 Å². The molecule has 0 aromatic heterocycles. The molecule has 1 aliphatic heterocycles. The maximum atomic E-state index is 12.8. The Hall–Kier alpha value is -2.10. The van der Waals surface area contributed by atoms with Crippen molar-refractivity contribution >= 4 is 11.7 Å². The third kappa shape index (κ3) is 5.53. The molecule has 4 heteroatoms. The van der Waals surface area contributed by atoms with Crippen LogP contribution in [0.4, 0.5) is 0 Å². The molecule has 2 bridgehead atoms. The van der Waals surface area contributed by atoms with Crippen LogP contribution >= 0.6 is 0 Å². The maximum absolute atomic E-state index is 12.8. The third-order valence-electron chi connectivity index (χ3n) is 8.56. The average molecular weight is 450 g/mol. The summed E-state index contributed by atoms with van der Waals surface area (Å²) in [5, 5.41) is 0. The van der Waals surface area contributed by atoms with Gasteiger partial charge in [-0.05, 0) is 68.4 Å². The van der Waals surface area contributed by atoms with Gasteiger partial charge in [0, 0.05) is 43.8 Å². The largest absolute Gasteiger partial charge is 0.490 e. The second-order valence-electron chi connectivity index (χ2n) is 10.9. The number of piperidine rings is 1. The molecule has 0 N–H and O–H groups in total. The first-order valence-electron chi connectivity index (χ1n) is 13.4. The highest BCUT2D eigenvalue weighted by Crippen LogP contribution is 2.45. The number of hydrogen-bond donors (Lipinski definition) is 0. The van der Waals surface area contributed by atoms with Gasteiger partial charge in [-0.1, -0.05) is 43.5 Å². The average Bonchev–Trinajstić information content (AvgIpc) is 3.48. The summed E-state index contributed by atoms with van der Waals surface area (Å²) in [5.74, 6) is 4.00. The van der Waals surface area contributed by atoms with Gasteiger partial charge in [-0.25, -0.2) is 0 Å². The summed E-state index contributed by atoms with van der Waals surface area (Å²) in [4.78, 5) is 27.6. The van der Waals surface area contributed by atoms with Gasteiger partial charge >= 0.3 is 0 Å². The predicted octanol–water partition coefficient (Wildman–Crippen LogP) is 6.20. The van der Waals surface area contributed by atoms with Crippen LogP contribution in [0.1, 0.15) is 87.4 Å². The van der Waals surface area contributed by atoms with Crippen molar-refractivity contribution in [2.45, 2.75) is 83.2 Å². The number of fused-ring (bicyclic) bond motifs is 2. The Morgan fingerprint density at radius 2 is 1.79 bits per heavy atom. The molecular weight excluding hydrogens is 410 g/mol. The Morgan fingerprint density at radius 1 is 0.970 bits per heavy atom. The van der Waals surface area contributed by atoms with Crippen LogP contribution in [0.15, 0.2) is 36.4 Å². The van der Waals surface area contributed by atoms with E-state index < -0.39 is 0 Å². The number of Topliss-reactive ketones (excluding diaryl/α,β-unsaturated/α-hetero) is 1. The van der Waals surface area contributed by atoms with Crippen molar-refractivity contribution in [3.63, 3.8) is 0 Å². The molecule has 3 atom stereocenters. The molecule has 2 saturated carbocycles. The highest BCUT2D eigenvalue weighted by molar-refractivity contribution is 5.96. The second-order valence-corrected chi connectivity index (χ2v) is 10.9. The number of likely N-dealkylation sites (tertiary alicyclic amines) is 1. The van der Waals surface area contributed by atoms with Gasteiger partial charge in [0.2, 0.25) is 5.91 Å². The summed E-state index contributed by atoms with van der Waals surface area (Å²) in [7, 11) is 0. The van der Waals surface area contributed by atoms with Crippen molar-refractivity contribution in [1.82, 2.24) is 4.90 Å². The number of nitrogens with zero attached hydrogens (tertiary/aromatic N) is 1. The molecule has 4 nitrogen and oxygen atoms in total. The zero-order chi connectivity index (χ0) is 22.6. The smallest absolute Gasteiger partial charge is 0.225 e. The Kier molecular flexibility index (Phi) is 7.18. The fraction of sp³-hybridized carbons (Fsp3) is 0.655. The van der Waals surface area contributed by atoms with Gasteiger partial charge in [0.05, 0.1) is 0 Å². The minimum Gasteiger partial charge on any atom is -0.490 e. The van der Waals surface area contributed by atoms with Gasteiger partial charge < -0.3 is 9.64 Å². The number of ketones is 1. The summed E-state index contributed by atoms with van der Waals surface area (Å²) >= 11 is 0. The van der Waals surface area contributed by atoms with Crippen molar-refractivity contribution in [3.8, 4) is 5.75 Å². The number of amides is 1. The van der Waals surface area contributed by atoms with Gasteiger partial charge in [-0.15, -0.1) is 0 Å². The van der Waals surface area contributed by atoms with E-state index >= 15 is 0 Å². The van der Waals surface area contributed by atoms with Crippen LogP contribution in [0.5, 0.6) is 5.75 Å². The number of allylic oxidation sites excluding steroid dienone is 2. The van der Waals surface area contributed by atoms with Crippen LogP contribution < -0.4 is 4.74 Å². The molecule has 5 rings (SSSR count). The molecule has 178 valence electrons. The Morgan fingerprint density at radius 3 is 2.52 bits per heavy atom. The SMILES string of the molecule is O=C(CCCC1CC2C=CC1C2)c1cccc(OC2CCN(C(=O)C3CCCCC3)CC2)c1. The predicted molar refractivity (Wildman–Crippen MR) is 130 cm³/mol. The molecule has 33 heavy (non-hydrogen) atoms. The summed E-state index contributed by atoms with van der Waals surface area (Å²) in [6.45, 7) is 1.58. The standard InChI is InChI=1S/C29H39NO3/c31-28(11-5-8-23-18-21-12-13-24(23)19-21)25-9-4-10-27(20-25)33-26-14-16-30(17-15-26)29(32)22-6-2-1-3-7-22/h4,9-10,12-13,20-24,26H,1-3,5-8,11,14-19H2. The lowest BCUT2D eigenvalue weighted by Gasteiger charge is -2.35. The molecule has 3 unspecified atom stereocenters. The molecule has 1 saturated heterocycles. The first kappa shape index (κ1) is 22.7. The molecule has 1 heterocycles. The van der Waals surface area contributed by atoms with Crippen LogP contribution in [-0.2, 0) is 4.79 Å². The molecule has 1 aromatic rings. The summed E-state index contributed by atoms with van der Waals surface area (Å²) in [6, 6.07) is 7.73. The molecular formula is C29H39NO3. The molecule has 1 amide bonds. The Labute approximate surface area is 198 Å². The van der Waals surface area contributed by atoms with Crippen molar-refractivity contribution in [1.29, 1.82) is 0 Å². The van der Waals surface area contributed by atoms with E-state index in [1.54, 1.807) is 0 Å². The van der Waals surface area contributed by atoms with E-state index in [4.69, 9.17) is 4.74 Å². The van der Waals surface area contributed by atoms with Gasteiger partial charge in [-0.2, -0.15) is 0 Å². The number of carbonyl (C=O) groups excluding carboxylic acids is 2. The quantitative estimate of drug-likeness (QED) is 0.350. The van der Waals surface area contributed by atoms with E-state index in [0.717, 1.165) is 74.3 Å². The molecule has 3 aliphatic carbocycles. The number of rotatable bonds is 8. The number of benzene rings is 1. The second kappa shape index (κ2) is 10.4. The van der Waals surface area contributed by atoms with Gasteiger partial charge in [0.25, 0.3) is 0 Å². The fourth-order valence-corrected chi connectivity index (χ4v) is 6.63. The minimum absolute atomic E-state index is 0.122. The number of ether oxygens (including phenoxy) is 1. The third-order valence-corrected chi connectivity index (χ3v) is 8.56. The summed E-state index contributed by atoms with van der Waals surface area (Å²) in [6.07, 6.45) is 17.9. The normalized spacial score (nSPS) is 27.8. The topological polar surface area (TPSA) is 46.6 Å². The number of carbonyl (C=O) groups is 2. The fourth-order valence-electron chi connectivity index (χ4n) is 6.63. The van der Waals surface area contributed by atoms with E-state index in [-0.39, 0.29) is 17.8 Å². The van der Waals surface area contributed by atoms with E-state index in [1.807, 2.05) is 24.3 Å². The van der Waals surface area contributed by atoms with Gasteiger partial charge in [-0.3, -0.25) is 9.59 Å². The molecule has 1 aromatic carbocycles. The first-order chi connectivity index (χ1) is 16.2. The van der Waals surface area contributed by atoms with E-state index in [1.165, 1.54) is 38.5 Å². The van der Waals surface area contributed by atoms with Crippen molar-refractivity contribution in [2.75, 3.05) is 13.1 Å². The van der Waals surface area contributed by atoms with Crippen molar-refractivity contribution in [2.24, 2.45) is 23.7 Å². The zero-order valence-electron chi connectivity index (χ0n) is 19.9. The van der Waals surface area contributed by atoms with E-state index in [9.17, 15) is 9.59 Å². The monoisotopic (exact) mass is 449 g/mol. The maximum Gasteiger partial charge on any atom is 0.225 e. The molecule has 0 radical (unpaired) electrons. The van der Waals surface area contributed by atoms with Crippen molar-refractivity contribution in [3.05, 3.63) is 42.0 Å². The van der Waals surface area contributed by atoms with Crippen molar-refractivity contribution < 1.29 is 14.3 Å². The van der Waals surface area contributed by atoms with Gasteiger partial charge in [0.1, 0.15) is 11.9 Å². The lowest BCUT2D eigenvalue weighted by atomic mass is 9.88. The highest BCUT2D eigenvalue weighted by Gasteiger charge is 2.35. The lowest BCUT2D eigenvalue weighted by Crippen LogP contribution is -2.44. The van der Waals surface area contributed by atoms with Crippen LogP contribution in [0, 0.1) is 23.7 Å².